The average molecular weight is 233 g/mol. The van der Waals surface area contributed by atoms with Crippen LogP contribution in [0.4, 0.5) is 0 Å². The predicted molar refractivity (Wildman–Crippen MR) is 64.6 cm³/mol. The first kappa shape index (κ1) is 13.0. The van der Waals surface area contributed by atoms with Crippen LogP contribution in [-0.2, 0) is 16.0 Å². The Labute approximate surface area is 100 Å². The van der Waals surface area contributed by atoms with Crippen molar-refractivity contribution in [3.8, 4) is 0 Å². The summed E-state index contributed by atoms with van der Waals surface area (Å²) in [7, 11) is 3.36. The van der Waals surface area contributed by atoms with Gasteiger partial charge in [0.25, 0.3) is 0 Å². The number of carbonyl (C=O) groups excluding carboxylic acids is 1. The van der Waals surface area contributed by atoms with Crippen LogP contribution in [0.25, 0.3) is 0 Å². The molecule has 4 heteroatoms. The van der Waals surface area contributed by atoms with Crippen molar-refractivity contribution in [3.05, 3.63) is 47.7 Å². The van der Waals surface area contributed by atoms with Crippen LogP contribution >= 0.6 is 0 Å². The van der Waals surface area contributed by atoms with E-state index >= 15 is 0 Å². The standard InChI is InChI=1S/C13H15NO3/c1-14(2)9-11(13(16)17)12(15)8-10-6-4-3-5-7-10/h3-7,9H,8H2,1-2H3,(H,16,17). The van der Waals surface area contributed by atoms with E-state index in [2.05, 4.69) is 0 Å². The van der Waals surface area contributed by atoms with Gasteiger partial charge in [0.15, 0.2) is 5.78 Å². The molecule has 0 heterocycles. The van der Waals surface area contributed by atoms with E-state index in [1.165, 1.54) is 6.20 Å². The molecule has 0 bridgehead atoms. The van der Waals surface area contributed by atoms with Crippen LogP contribution in [0.1, 0.15) is 5.56 Å². The number of Topliss-reactive ketones (excluding diaryl/α,β-unsaturated/α-hetero) is 1. The number of carbonyl (C=O) groups is 2. The van der Waals surface area contributed by atoms with E-state index in [1.54, 1.807) is 31.1 Å². The SMILES string of the molecule is CN(C)C=C(C(=O)O)C(=O)Cc1ccccc1. The number of hydrogen-bond acceptors (Lipinski definition) is 3. The van der Waals surface area contributed by atoms with Gasteiger partial charge in [0, 0.05) is 26.7 Å². The Balaban J connectivity index is 2.84. The molecular formula is C13H15NO3. The lowest BCUT2D eigenvalue weighted by Crippen LogP contribution is -2.18. The van der Waals surface area contributed by atoms with Gasteiger partial charge in [-0.1, -0.05) is 30.3 Å². The largest absolute Gasteiger partial charge is 0.478 e. The Bertz CT molecular complexity index is 435. The molecule has 1 N–H and O–H groups in total. The Kier molecular flexibility index (Phi) is 4.46. The van der Waals surface area contributed by atoms with Crippen LogP contribution in [-0.4, -0.2) is 35.9 Å². The molecule has 4 nitrogen and oxygen atoms in total. The number of carboxylic acids is 1. The number of ketones is 1. The third-order valence-electron chi connectivity index (χ3n) is 2.13. The molecule has 0 aliphatic carbocycles. The molecule has 0 amide bonds. The Hall–Kier alpha value is -2.10. The summed E-state index contributed by atoms with van der Waals surface area (Å²) in [6, 6.07) is 9.08. The second kappa shape index (κ2) is 5.84. The van der Waals surface area contributed by atoms with Crippen LogP contribution in [0.2, 0.25) is 0 Å². The zero-order valence-electron chi connectivity index (χ0n) is 9.88. The molecule has 0 atom stereocenters. The third kappa shape index (κ3) is 4.10. The van der Waals surface area contributed by atoms with E-state index in [0.717, 1.165) is 5.56 Å². The third-order valence-corrected chi connectivity index (χ3v) is 2.13. The van der Waals surface area contributed by atoms with E-state index in [-0.39, 0.29) is 12.0 Å². The smallest absolute Gasteiger partial charge is 0.340 e. The molecule has 0 fully saturated rings. The molecule has 0 unspecified atom stereocenters. The Morgan fingerprint density at radius 3 is 2.29 bits per heavy atom. The maximum Gasteiger partial charge on any atom is 0.340 e. The maximum atomic E-state index is 11.8. The molecule has 0 aliphatic heterocycles. The summed E-state index contributed by atoms with van der Waals surface area (Å²) in [4.78, 5) is 24.3. The Morgan fingerprint density at radius 2 is 1.82 bits per heavy atom. The zero-order chi connectivity index (χ0) is 12.8. The van der Waals surface area contributed by atoms with Gasteiger partial charge in [0.2, 0.25) is 0 Å². The monoisotopic (exact) mass is 233 g/mol. The number of rotatable bonds is 5. The lowest BCUT2D eigenvalue weighted by Gasteiger charge is -2.08. The first-order chi connectivity index (χ1) is 8.00. The minimum atomic E-state index is -1.19. The van der Waals surface area contributed by atoms with E-state index in [0.29, 0.717) is 0 Å². The number of aliphatic carboxylic acids is 1. The second-order valence-corrected chi connectivity index (χ2v) is 3.90. The Morgan fingerprint density at radius 1 is 1.24 bits per heavy atom. The number of carboxylic acid groups (broad SMARTS) is 1. The summed E-state index contributed by atoms with van der Waals surface area (Å²) in [6.07, 6.45) is 1.43. The fourth-order valence-corrected chi connectivity index (χ4v) is 1.38. The maximum absolute atomic E-state index is 11.8. The minimum Gasteiger partial charge on any atom is -0.478 e. The molecule has 1 rings (SSSR count). The normalized spacial score (nSPS) is 11.1. The molecule has 0 spiro atoms. The van der Waals surface area contributed by atoms with E-state index in [9.17, 15) is 9.59 Å². The average Bonchev–Trinajstić information content (AvgIpc) is 2.26. The summed E-state index contributed by atoms with van der Waals surface area (Å²) < 4.78 is 0. The van der Waals surface area contributed by atoms with E-state index < -0.39 is 11.8 Å². The van der Waals surface area contributed by atoms with Crippen molar-refractivity contribution < 1.29 is 14.7 Å². The first-order valence-corrected chi connectivity index (χ1v) is 5.19. The van der Waals surface area contributed by atoms with Gasteiger partial charge in [-0.25, -0.2) is 4.79 Å². The van der Waals surface area contributed by atoms with Gasteiger partial charge in [-0.15, -0.1) is 0 Å². The van der Waals surface area contributed by atoms with Gasteiger partial charge >= 0.3 is 5.97 Å². The van der Waals surface area contributed by atoms with Crippen LogP contribution in [0.15, 0.2) is 42.1 Å². The highest BCUT2D eigenvalue weighted by molar-refractivity contribution is 6.17. The van der Waals surface area contributed by atoms with Gasteiger partial charge in [-0.05, 0) is 5.56 Å². The van der Waals surface area contributed by atoms with Gasteiger partial charge in [-0.2, -0.15) is 0 Å². The molecule has 1 aromatic carbocycles. The molecule has 0 aliphatic rings. The lowest BCUT2D eigenvalue weighted by atomic mass is 10.0. The van der Waals surface area contributed by atoms with Crippen LogP contribution in [0, 0.1) is 0 Å². The van der Waals surface area contributed by atoms with E-state index in [4.69, 9.17) is 5.11 Å². The van der Waals surface area contributed by atoms with Crippen molar-refractivity contribution in [2.75, 3.05) is 14.1 Å². The minimum absolute atomic E-state index is 0.104. The van der Waals surface area contributed by atoms with Gasteiger partial charge in [0.1, 0.15) is 5.57 Å². The zero-order valence-corrected chi connectivity index (χ0v) is 9.88. The topological polar surface area (TPSA) is 57.6 Å². The quantitative estimate of drug-likeness (QED) is 0.473. The number of hydrogen-bond donors (Lipinski definition) is 1. The van der Waals surface area contributed by atoms with Crippen molar-refractivity contribution >= 4 is 11.8 Å². The summed E-state index contributed by atoms with van der Waals surface area (Å²) in [6.45, 7) is 0. The molecule has 17 heavy (non-hydrogen) atoms. The van der Waals surface area contributed by atoms with Gasteiger partial charge in [-0.3, -0.25) is 4.79 Å². The molecule has 1 aromatic rings. The number of nitrogens with zero attached hydrogens (tertiary/aromatic N) is 1. The van der Waals surface area contributed by atoms with E-state index in [1.807, 2.05) is 18.2 Å². The highest BCUT2D eigenvalue weighted by Crippen LogP contribution is 2.06. The molecule has 0 aromatic heterocycles. The lowest BCUT2D eigenvalue weighted by molar-refractivity contribution is -0.134. The fraction of sp³-hybridized carbons (Fsp3) is 0.231. The number of benzene rings is 1. The molecular weight excluding hydrogens is 218 g/mol. The van der Waals surface area contributed by atoms with Crippen LogP contribution < -0.4 is 0 Å². The molecule has 90 valence electrons. The summed E-state index contributed by atoms with van der Waals surface area (Å²) >= 11 is 0. The van der Waals surface area contributed by atoms with Crippen LogP contribution in [0.5, 0.6) is 0 Å². The van der Waals surface area contributed by atoms with Crippen molar-refractivity contribution in [3.63, 3.8) is 0 Å². The molecule has 0 radical (unpaired) electrons. The van der Waals surface area contributed by atoms with Crippen molar-refractivity contribution in [1.29, 1.82) is 0 Å². The summed E-state index contributed by atoms with van der Waals surface area (Å²) in [5, 5.41) is 8.95. The molecule has 0 saturated heterocycles. The highest BCUT2D eigenvalue weighted by atomic mass is 16.4. The molecule has 0 saturated carbocycles. The van der Waals surface area contributed by atoms with Crippen molar-refractivity contribution in [2.45, 2.75) is 6.42 Å². The highest BCUT2D eigenvalue weighted by Gasteiger charge is 2.17. The fourth-order valence-electron chi connectivity index (χ4n) is 1.38. The summed E-state index contributed by atoms with van der Waals surface area (Å²) in [5.41, 5.74) is 0.613. The summed E-state index contributed by atoms with van der Waals surface area (Å²) in [5.74, 6) is -1.59. The van der Waals surface area contributed by atoms with Crippen LogP contribution in [0.3, 0.4) is 0 Å². The van der Waals surface area contributed by atoms with Gasteiger partial charge < -0.3 is 10.0 Å². The van der Waals surface area contributed by atoms with Gasteiger partial charge in [0.05, 0.1) is 0 Å². The van der Waals surface area contributed by atoms with Crippen molar-refractivity contribution in [2.24, 2.45) is 0 Å². The van der Waals surface area contributed by atoms with Crippen molar-refractivity contribution in [1.82, 2.24) is 4.90 Å². The first-order valence-electron chi connectivity index (χ1n) is 5.19. The predicted octanol–water partition coefficient (Wildman–Crippen LogP) is 1.33. The second-order valence-electron chi connectivity index (χ2n) is 3.90.